The number of carbonyl (C=O) groups is 1. The zero-order valence-corrected chi connectivity index (χ0v) is 9.63. The molecule has 1 N–H and O–H groups in total. The van der Waals surface area contributed by atoms with Crippen molar-refractivity contribution >= 4 is 5.97 Å². The fourth-order valence-corrected chi connectivity index (χ4v) is 2.08. The first kappa shape index (κ1) is 11.8. The molecule has 0 atom stereocenters. The van der Waals surface area contributed by atoms with Gasteiger partial charge in [-0.25, -0.2) is 9.78 Å². The van der Waals surface area contributed by atoms with Crippen LogP contribution < -0.4 is 4.74 Å². The number of carboxylic acids is 1. The van der Waals surface area contributed by atoms with Crippen molar-refractivity contribution in [1.82, 2.24) is 9.97 Å². The van der Waals surface area contributed by atoms with Crippen LogP contribution in [0.2, 0.25) is 0 Å². The van der Waals surface area contributed by atoms with Crippen molar-refractivity contribution in [2.24, 2.45) is 5.92 Å². The van der Waals surface area contributed by atoms with Crippen molar-refractivity contribution in [3.63, 3.8) is 0 Å². The van der Waals surface area contributed by atoms with Gasteiger partial charge in [0.05, 0.1) is 6.61 Å². The van der Waals surface area contributed by atoms with E-state index in [9.17, 15) is 4.79 Å². The predicted molar refractivity (Wildman–Crippen MR) is 61.1 cm³/mol. The van der Waals surface area contributed by atoms with E-state index in [1.165, 1.54) is 44.4 Å². The Hall–Kier alpha value is -1.65. The SMILES string of the molecule is O=C(O)c1ccnc(OCC2CCCCC2)n1. The molecule has 0 spiro atoms. The molecular formula is C12H16N2O3. The summed E-state index contributed by atoms with van der Waals surface area (Å²) in [4.78, 5) is 18.4. The van der Waals surface area contributed by atoms with E-state index in [4.69, 9.17) is 9.84 Å². The highest BCUT2D eigenvalue weighted by atomic mass is 16.5. The average Bonchev–Trinajstić information content (AvgIpc) is 2.38. The Morgan fingerprint density at radius 2 is 2.18 bits per heavy atom. The Labute approximate surface area is 99.9 Å². The normalized spacial score (nSPS) is 16.7. The van der Waals surface area contributed by atoms with Gasteiger partial charge in [-0.2, -0.15) is 4.98 Å². The first-order valence-electron chi connectivity index (χ1n) is 5.95. The van der Waals surface area contributed by atoms with E-state index < -0.39 is 5.97 Å². The topological polar surface area (TPSA) is 72.3 Å². The molecule has 1 aliphatic carbocycles. The molecule has 1 heterocycles. The second-order valence-corrected chi connectivity index (χ2v) is 4.34. The molecule has 0 bridgehead atoms. The van der Waals surface area contributed by atoms with Crippen molar-refractivity contribution in [2.45, 2.75) is 32.1 Å². The summed E-state index contributed by atoms with van der Waals surface area (Å²) >= 11 is 0. The first-order valence-corrected chi connectivity index (χ1v) is 5.95. The maximum atomic E-state index is 10.7. The predicted octanol–water partition coefficient (Wildman–Crippen LogP) is 2.13. The summed E-state index contributed by atoms with van der Waals surface area (Å²) in [6.45, 7) is 0.586. The van der Waals surface area contributed by atoms with E-state index in [0.29, 0.717) is 12.5 Å². The maximum absolute atomic E-state index is 10.7. The van der Waals surface area contributed by atoms with Crippen LogP contribution in [0.15, 0.2) is 12.3 Å². The molecule has 1 fully saturated rings. The molecule has 17 heavy (non-hydrogen) atoms. The zero-order valence-electron chi connectivity index (χ0n) is 9.63. The third-order valence-electron chi connectivity index (χ3n) is 3.03. The summed E-state index contributed by atoms with van der Waals surface area (Å²) in [7, 11) is 0. The van der Waals surface area contributed by atoms with E-state index >= 15 is 0 Å². The van der Waals surface area contributed by atoms with Crippen LogP contribution in [0.4, 0.5) is 0 Å². The molecule has 1 aromatic rings. The summed E-state index contributed by atoms with van der Waals surface area (Å²) in [5.74, 6) is -0.504. The van der Waals surface area contributed by atoms with Crippen molar-refractivity contribution in [3.8, 4) is 6.01 Å². The Morgan fingerprint density at radius 1 is 1.41 bits per heavy atom. The fourth-order valence-electron chi connectivity index (χ4n) is 2.08. The third kappa shape index (κ3) is 3.41. The second-order valence-electron chi connectivity index (χ2n) is 4.34. The fraction of sp³-hybridized carbons (Fsp3) is 0.583. The standard InChI is InChI=1S/C12H16N2O3/c15-11(16)10-6-7-13-12(14-10)17-8-9-4-2-1-3-5-9/h6-7,9H,1-5,8H2,(H,15,16). The van der Waals surface area contributed by atoms with Gasteiger partial charge in [0, 0.05) is 6.20 Å². The molecule has 0 radical (unpaired) electrons. The summed E-state index contributed by atoms with van der Waals surface area (Å²) in [5.41, 5.74) is -0.0290. The monoisotopic (exact) mass is 236 g/mol. The molecule has 0 aliphatic heterocycles. The van der Waals surface area contributed by atoms with Gasteiger partial charge in [-0.15, -0.1) is 0 Å². The van der Waals surface area contributed by atoms with Gasteiger partial charge in [-0.05, 0) is 24.8 Å². The van der Waals surface area contributed by atoms with Crippen LogP contribution >= 0.6 is 0 Å². The molecule has 92 valence electrons. The quantitative estimate of drug-likeness (QED) is 0.867. The number of rotatable bonds is 4. The van der Waals surface area contributed by atoms with Crippen LogP contribution in [-0.2, 0) is 0 Å². The van der Waals surface area contributed by atoms with Gasteiger partial charge in [-0.1, -0.05) is 19.3 Å². The van der Waals surface area contributed by atoms with Gasteiger partial charge in [0.2, 0.25) is 0 Å². The third-order valence-corrected chi connectivity index (χ3v) is 3.03. The van der Waals surface area contributed by atoms with Crippen molar-refractivity contribution in [3.05, 3.63) is 18.0 Å². The molecule has 0 amide bonds. The van der Waals surface area contributed by atoms with Crippen LogP contribution in [0, 0.1) is 5.92 Å². The van der Waals surface area contributed by atoms with E-state index in [2.05, 4.69) is 9.97 Å². The van der Waals surface area contributed by atoms with Crippen molar-refractivity contribution in [2.75, 3.05) is 6.61 Å². The lowest BCUT2D eigenvalue weighted by molar-refractivity contribution is 0.0688. The second kappa shape index (κ2) is 5.61. The number of nitrogens with zero attached hydrogens (tertiary/aromatic N) is 2. The molecule has 0 saturated heterocycles. The summed E-state index contributed by atoms with van der Waals surface area (Å²) in [5, 5.41) is 8.78. The lowest BCUT2D eigenvalue weighted by Crippen LogP contribution is -2.16. The van der Waals surface area contributed by atoms with E-state index in [1.807, 2.05) is 0 Å². The van der Waals surface area contributed by atoms with E-state index in [-0.39, 0.29) is 11.7 Å². The zero-order chi connectivity index (χ0) is 12.1. The number of ether oxygens (including phenoxy) is 1. The van der Waals surface area contributed by atoms with Gasteiger partial charge < -0.3 is 9.84 Å². The van der Waals surface area contributed by atoms with Crippen LogP contribution in [0.3, 0.4) is 0 Å². The highest BCUT2D eigenvalue weighted by Gasteiger charge is 2.15. The summed E-state index contributed by atoms with van der Waals surface area (Å²) in [6, 6.07) is 1.52. The van der Waals surface area contributed by atoms with Gasteiger partial charge in [0.1, 0.15) is 0 Å². The molecule has 5 nitrogen and oxygen atoms in total. The Morgan fingerprint density at radius 3 is 2.88 bits per heavy atom. The molecule has 1 aromatic heterocycles. The Balaban J connectivity index is 1.89. The first-order chi connectivity index (χ1) is 8.25. The van der Waals surface area contributed by atoms with Crippen LogP contribution in [0.5, 0.6) is 6.01 Å². The summed E-state index contributed by atoms with van der Waals surface area (Å²) in [6.07, 6.45) is 7.58. The van der Waals surface area contributed by atoms with Gasteiger partial charge in [0.15, 0.2) is 5.69 Å². The number of hydrogen-bond acceptors (Lipinski definition) is 4. The van der Waals surface area contributed by atoms with E-state index in [1.54, 1.807) is 0 Å². The molecule has 0 unspecified atom stereocenters. The molecule has 1 aliphatic rings. The van der Waals surface area contributed by atoms with Crippen LogP contribution in [0.1, 0.15) is 42.6 Å². The van der Waals surface area contributed by atoms with Crippen LogP contribution in [0.25, 0.3) is 0 Å². The lowest BCUT2D eigenvalue weighted by atomic mass is 9.90. The van der Waals surface area contributed by atoms with Crippen molar-refractivity contribution in [1.29, 1.82) is 0 Å². The lowest BCUT2D eigenvalue weighted by Gasteiger charge is -2.20. The minimum Gasteiger partial charge on any atom is -0.477 e. The number of hydrogen-bond donors (Lipinski definition) is 1. The maximum Gasteiger partial charge on any atom is 0.354 e. The smallest absolute Gasteiger partial charge is 0.354 e. The molecule has 2 rings (SSSR count). The molecular weight excluding hydrogens is 220 g/mol. The number of aromatic carboxylic acids is 1. The summed E-state index contributed by atoms with van der Waals surface area (Å²) < 4.78 is 5.45. The van der Waals surface area contributed by atoms with Crippen LogP contribution in [-0.4, -0.2) is 27.7 Å². The van der Waals surface area contributed by atoms with Gasteiger partial charge >= 0.3 is 12.0 Å². The Kier molecular flexibility index (Phi) is 3.90. The van der Waals surface area contributed by atoms with E-state index in [0.717, 1.165) is 0 Å². The highest BCUT2D eigenvalue weighted by molar-refractivity contribution is 5.85. The van der Waals surface area contributed by atoms with Crippen molar-refractivity contribution < 1.29 is 14.6 Å². The largest absolute Gasteiger partial charge is 0.477 e. The number of aromatic nitrogens is 2. The van der Waals surface area contributed by atoms with Gasteiger partial charge in [0.25, 0.3) is 0 Å². The minimum atomic E-state index is -1.06. The molecule has 5 heteroatoms. The minimum absolute atomic E-state index is 0.0290. The molecule has 1 saturated carbocycles. The highest BCUT2D eigenvalue weighted by Crippen LogP contribution is 2.23. The number of carboxylic acid groups (broad SMARTS) is 1. The average molecular weight is 236 g/mol. The molecule has 0 aromatic carbocycles. The van der Waals surface area contributed by atoms with Gasteiger partial charge in [-0.3, -0.25) is 0 Å². The Bertz CT molecular complexity index is 389.